The average Bonchev–Trinajstić information content (AvgIpc) is 2.69. The molecule has 3 N–H and O–H groups in total. The molecule has 0 amide bonds. The van der Waals surface area contributed by atoms with Gasteiger partial charge in [0.1, 0.15) is 0 Å². The van der Waals surface area contributed by atoms with Crippen molar-refractivity contribution in [2.45, 2.75) is 32.2 Å². The van der Waals surface area contributed by atoms with Gasteiger partial charge >= 0.3 is 0 Å². The minimum Gasteiger partial charge on any atom is -0.381 e. The van der Waals surface area contributed by atoms with Crippen LogP contribution in [0, 0.1) is 12.8 Å². The Morgan fingerprint density at radius 3 is 2.94 bits per heavy atom. The normalized spacial score (nSPS) is 24.7. The van der Waals surface area contributed by atoms with Crippen molar-refractivity contribution in [3.63, 3.8) is 0 Å². The molecule has 0 spiro atoms. The summed E-state index contributed by atoms with van der Waals surface area (Å²) in [5, 5.41) is 4.33. The van der Waals surface area contributed by atoms with Gasteiger partial charge in [0.2, 0.25) is 0 Å². The lowest BCUT2D eigenvalue weighted by atomic mass is 10.0. The summed E-state index contributed by atoms with van der Waals surface area (Å²) >= 11 is 6.21. The molecule has 1 aliphatic rings. The summed E-state index contributed by atoms with van der Waals surface area (Å²) in [5.74, 6) is 0.595. The molecule has 2 rings (SSSR count). The smallest absolute Gasteiger partial charge is 0.0640 e. The van der Waals surface area contributed by atoms with Gasteiger partial charge in [-0.15, -0.1) is 0 Å². The van der Waals surface area contributed by atoms with Crippen LogP contribution in [0.2, 0.25) is 5.02 Å². The minimum absolute atomic E-state index is 0.491. The van der Waals surface area contributed by atoms with Crippen LogP contribution in [-0.4, -0.2) is 12.6 Å². The van der Waals surface area contributed by atoms with Crippen molar-refractivity contribution < 1.29 is 0 Å². The molecule has 0 saturated heterocycles. The van der Waals surface area contributed by atoms with Gasteiger partial charge < -0.3 is 11.1 Å². The number of hydrogen-bond donors (Lipinski definition) is 2. The van der Waals surface area contributed by atoms with Gasteiger partial charge in [-0.1, -0.05) is 24.1 Å². The van der Waals surface area contributed by atoms with E-state index in [2.05, 4.69) is 17.4 Å². The van der Waals surface area contributed by atoms with E-state index in [1.807, 2.05) is 13.0 Å². The number of halogens is 1. The fraction of sp³-hybridized carbons (Fsp3) is 0.538. The first kappa shape index (κ1) is 11.7. The van der Waals surface area contributed by atoms with Crippen LogP contribution in [0.3, 0.4) is 0 Å². The summed E-state index contributed by atoms with van der Waals surface area (Å²) in [6, 6.07) is 6.63. The van der Waals surface area contributed by atoms with Crippen LogP contribution in [0.5, 0.6) is 0 Å². The molecule has 0 heterocycles. The number of aryl methyl sites for hydroxylation is 1. The van der Waals surface area contributed by atoms with Crippen molar-refractivity contribution in [3.05, 3.63) is 28.8 Å². The number of hydrogen-bond acceptors (Lipinski definition) is 2. The predicted octanol–water partition coefficient (Wildman–Crippen LogP) is 3.19. The molecule has 16 heavy (non-hydrogen) atoms. The van der Waals surface area contributed by atoms with Crippen LogP contribution in [-0.2, 0) is 0 Å². The molecule has 1 aromatic rings. The van der Waals surface area contributed by atoms with E-state index >= 15 is 0 Å². The van der Waals surface area contributed by atoms with Gasteiger partial charge in [0.25, 0.3) is 0 Å². The number of benzene rings is 1. The zero-order chi connectivity index (χ0) is 11.5. The van der Waals surface area contributed by atoms with Crippen molar-refractivity contribution in [1.82, 2.24) is 0 Å². The van der Waals surface area contributed by atoms with Crippen molar-refractivity contribution in [2.24, 2.45) is 11.7 Å². The number of anilines is 1. The van der Waals surface area contributed by atoms with Gasteiger partial charge in [-0.3, -0.25) is 0 Å². The summed E-state index contributed by atoms with van der Waals surface area (Å²) in [6.07, 6.45) is 3.70. The van der Waals surface area contributed by atoms with Crippen molar-refractivity contribution in [2.75, 3.05) is 11.9 Å². The topological polar surface area (TPSA) is 38.0 Å². The maximum absolute atomic E-state index is 6.21. The van der Waals surface area contributed by atoms with Gasteiger partial charge in [-0.25, -0.2) is 0 Å². The Bertz CT molecular complexity index is 365. The molecule has 0 aliphatic heterocycles. The highest BCUT2D eigenvalue weighted by Gasteiger charge is 2.26. The fourth-order valence-electron chi connectivity index (χ4n) is 2.45. The molecule has 88 valence electrons. The molecular weight excluding hydrogens is 220 g/mol. The summed E-state index contributed by atoms with van der Waals surface area (Å²) in [5.41, 5.74) is 8.00. The Kier molecular flexibility index (Phi) is 3.72. The average molecular weight is 239 g/mol. The van der Waals surface area contributed by atoms with E-state index in [0.29, 0.717) is 12.0 Å². The second-order valence-corrected chi connectivity index (χ2v) is 5.07. The monoisotopic (exact) mass is 238 g/mol. The van der Waals surface area contributed by atoms with Gasteiger partial charge in [-0.2, -0.15) is 0 Å². The van der Waals surface area contributed by atoms with Crippen LogP contribution in [0.1, 0.15) is 24.8 Å². The summed E-state index contributed by atoms with van der Waals surface area (Å²) in [7, 11) is 0. The largest absolute Gasteiger partial charge is 0.381 e. The van der Waals surface area contributed by atoms with E-state index in [1.165, 1.54) is 24.8 Å². The molecule has 0 radical (unpaired) electrons. The van der Waals surface area contributed by atoms with Crippen LogP contribution < -0.4 is 11.1 Å². The zero-order valence-corrected chi connectivity index (χ0v) is 10.4. The fourth-order valence-corrected chi connectivity index (χ4v) is 2.74. The van der Waals surface area contributed by atoms with Crippen LogP contribution in [0.4, 0.5) is 5.69 Å². The number of nitrogens with one attached hydrogen (secondary N) is 1. The summed E-state index contributed by atoms with van der Waals surface area (Å²) in [6.45, 7) is 2.81. The first-order chi connectivity index (χ1) is 7.70. The van der Waals surface area contributed by atoms with E-state index < -0.39 is 0 Å². The molecule has 2 unspecified atom stereocenters. The van der Waals surface area contributed by atoms with Crippen molar-refractivity contribution in [3.8, 4) is 0 Å². The maximum Gasteiger partial charge on any atom is 0.0640 e. The Hall–Kier alpha value is -0.730. The van der Waals surface area contributed by atoms with Crippen LogP contribution in [0.25, 0.3) is 0 Å². The molecule has 1 aromatic carbocycles. The number of rotatable bonds is 3. The Labute approximate surface area is 102 Å². The lowest BCUT2D eigenvalue weighted by Crippen LogP contribution is -2.29. The highest BCUT2D eigenvalue weighted by atomic mass is 35.5. The molecule has 2 nitrogen and oxygen atoms in total. The van der Waals surface area contributed by atoms with E-state index in [0.717, 1.165) is 17.3 Å². The van der Waals surface area contributed by atoms with Gasteiger partial charge in [0, 0.05) is 6.04 Å². The van der Waals surface area contributed by atoms with E-state index in [-0.39, 0.29) is 0 Å². The summed E-state index contributed by atoms with van der Waals surface area (Å²) < 4.78 is 0. The molecule has 1 fully saturated rings. The number of nitrogens with two attached hydrogens (primary N) is 1. The third-order valence-electron chi connectivity index (χ3n) is 3.43. The predicted molar refractivity (Wildman–Crippen MR) is 70.0 cm³/mol. The second kappa shape index (κ2) is 5.07. The third-order valence-corrected chi connectivity index (χ3v) is 3.74. The first-order valence-corrected chi connectivity index (χ1v) is 6.31. The van der Waals surface area contributed by atoms with Crippen molar-refractivity contribution >= 4 is 17.3 Å². The standard InChI is InChI=1S/C13H19ClN2/c1-9-5-6-13(11(14)7-9)16-12-4-2-3-10(12)8-15/h5-7,10,12,16H,2-4,8,15H2,1H3. The van der Waals surface area contributed by atoms with Crippen LogP contribution in [0.15, 0.2) is 18.2 Å². The molecular formula is C13H19ClN2. The maximum atomic E-state index is 6.21. The van der Waals surface area contributed by atoms with Crippen LogP contribution >= 0.6 is 11.6 Å². The minimum atomic E-state index is 0.491. The molecule has 2 atom stereocenters. The molecule has 0 aromatic heterocycles. The molecule has 1 saturated carbocycles. The van der Waals surface area contributed by atoms with E-state index in [4.69, 9.17) is 17.3 Å². The molecule has 0 bridgehead atoms. The SMILES string of the molecule is Cc1ccc(NC2CCCC2CN)c(Cl)c1. The van der Waals surface area contributed by atoms with Gasteiger partial charge in [0.05, 0.1) is 10.7 Å². The Morgan fingerprint density at radius 2 is 2.25 bits per heavy atom. The van der Waals surface area contributed by atoms with E-state index in [1.54, 1.807) is 0 Å². The zero-order valence-electron chi connectivity index (χ0n) is 9.67. The summed E-state index contributed by atoms with van der Waals surface area (Å²) in [4.78, 5) is 0. The molecule has 3 heteroatoms. The lowest BCUT2D eigenvalue weighted by molar-refractivity contribution is 0.516. The Balaban J connectivity index is 2.08. The highest BCUT2D eigenvalue weighted by molar-refractivity contribution is 6.33. The van der Waals surface area contributed by atoms with E-state index in [9.17, 15) is 0 Å². The first-order valence-electron chi connectivity index (χ1n) is 5.93. The highest BCUT2D eigenvalue weighted by Crippen LogP contribution is 2.30. The third kappa shape index (κ3) is 2.50. The van der Waals surface area contributed by atoms with Crippen molar-refractivity contribution in [1.29, 1.82) is 0 Å². The lowest BCUT2D eigenvalue weighted by Gasteiger charge is -2.21. The second-order valence-electron chi connectivity index (χ2n) is 4.66. The van der Waals surface area contributed by atoms with Gasteiger partial charge in [-0.05, 0) is 49.9 Å². The van der Waals surface area contributed by atoms with Gasteiger partial charge in [0.15, 0.2) is 0 Å². The molecule has 1 aliphatic carbocycles. The quantitative estimate of drug-likeness (QED) is 0.849. The Morgan fingerprint density at radius 1 is 1.44 bits per heavy atom.